The van der Waals surface area contributed by atoms with Gasteiger partial charge in [0, 0.05) is 50.8 Å². The number of hydrogen-bond donors (Lipinski definition) is 3. The van der Waals surface area contributed by atoms with Gasteiger partial charge < -0.3 is 20.0 Å². The minimum Gasteiger partial charge on any atom is -0.437 e. The Bertz CT molecular complexity index is 1500. The minimum atomic E-state index is -0.454. The first-order valence-corrected chi connectivity index (χ1v) is 12.9. The Morgan fingerprint density at radius 3 is 2.92 bits per heavy atom. The Labute approximate surface area is 218 Å². The first-order valence-electron chi connectivity index (χ1n) is 12.9. The van der Waals surface area contributed by atoms with E-state index in [9.17, 15) is 9.59 Å². The zero-order valence-corrected chi connectivity index (χ0v) is 21.0. The number of nitrogens with one attached hydrogen (secondary N) is 3. The van der Waals surface area contributed by atoms with E-state index in [4.69, 9.17) is 4.42 Å². The lowest BCUT2D eigenvalue weighted by atomic mass is 10.0. The predicted molar refractivity (Wildman–Crippen MR) is 138 cm³/mol. The van der Waals surface area contributed by atoms with Crippen molar-refractivity contribution in [3.8, 4) is 11.1 Å². The number of nitrogens with zero attached hydrogens (tertiary/aromatic N) is 4. The van der Waals surface area contributed by atoms with Gasteiger partial charge in [-0.25, -0.2) is 14.4 Å². The lowest BCUT2D eigenvalue weighted by molar-refractivity contribution is -0.119. The van der Waals surface area contributed by atoms with Gasteiger partial charge in [-0.1, -0.05) is 12.1 Å². The molecule has 0 unspecified atom stereocenters. The average Bonchev–Trinajstić information content (AvgIpc) is 3.65. The lowest BCUT2D eigenvalue weighted by Gasteiger charge is -2.17. The van der Waals surface area contributed by atoms with Gasteiger partial charge in [0.2, 0.25) is 5.91 Å². The fourth-order valence-corrected chi connectivity index (χ4v) is 5.32. The summed E-state index contributed by atoms with van der Waals surface area (Å²) in [5.41, 5.74) is 3.27. The summed E-state index contributed by atoms with van der Waals surface area (Å²) < 4.78 is 20.8. The van der Waals surface area contributed by atoms with Gasteiger partial charge in [0.1, 0.15) is 11.6 Å². The molecule has 11 heteroatoms. The Balaban J connectivity index is 1.21. The summed E-state index contributed by atoms with van der Waals surface area (Å²) in [5.74, 6) is 0.585. The quantitative estimate of drug-likeness (QED) is 0.358. The zero-order chi connectivity index (χ0) is 26.2. The number of benzene rings is 1. The highest BCUT2D eigenvalue weighted by atomic mass is 19.1. The van der Waals surface area contributed by atoms with E-state index in [-0.39, 0.29) is 24.4 Å². The van der Waals surface area contributed by atoms with Crippen LogP contribution in [0.15, 0.2) is 34.9 Å². The molecule has 1 aliphatic carbocycles. The van der Waals surface area contributed by atoms with Crippen molar-refractivity contribution in [1.82, 2.24) is 30.8 Å². The predicted octanol–water partition coefficient (Wildman–Crippen LogP) is 3.28. The number of aromatic nitrogens is 4. The molecule has 0 saturated carbocycles. The van der Waals surface area contributed by atoms with Crippen molar-refractivity contribution in [2.75, 3.05) is 18.0 Å². The second-order valence-electron chi connectivity index (χ2n) is 9.85. The maximum Gasteiger partial charge on any atom is 0.307 e. The third kappa shape index (κ3) is 4.59. The van der Waals surface area contributed by atoms with Crippen LogP contribution in [0.2, 0.25) is 0 Å². The molecule has 6 rings (SSSR count). The third-order valence-electron chi connectivity index (χ3n) is 7.18. The highest BCUT2D eigenvalue weighted by Gasteiger charge is 2.27. The number of amides is 2. The summed E-state index contributed by atoms with van der Waals surface area (Å²) in [6.07, 6.45) is 6.15. The summed E-state index contributed by atoms with van der Waals surface area (Å²) in [7, 11) is 0. The number of hydrogen-bond acceptors (Lipinski definition) is 7. The van der Waals surface area contributed by atoms with Crippen molar-refractivity contribution < 1.29 is 18.4 Å². The van der Waals surface area contributed by atoms with E-state index in [1.54, 1.807) is 12.3 Å². The van der Waals surface area contributed by atoms with Crippen LogP contribution in [-0.4, -0.2) is 51.1 Å². The van der Waals surface area contributed by atoms with Gasteiger partial charge in [-0.15, -0.1) is 0 Å². The largest absolute Gasteiger partial charge is 0.437 e. The Morgan fingerprint density at radius 2 is 2.11 bits per heavy atom. The Kier molecular flexibility index (Phi) is 6.26. The highest BCUT2D eigenvalue weighted by molar-refractivity contribution is 6.00. The van der Waals surface area contributed by atoms with Crippen molar-refractivity contribution in [2.24, 2.45) is 0 Å². The fourth-order valence-electron chi connectivity index (χ4n) is 5.32. The van der Waals surface area contributed by atoms with Gasteiger partial charge in [-0.2, -0.15) is 5.10 Å². The van der Waals surface area contributed by atoms with Gasteiger partial charge >= 0.3 is 5.91 Å². The van der Waals surface area contributed by atoms with Gasteiger partial charge in [0.15, 0.2) is 11.5 Å². The van der Waals surface area contributed by atoms with Crippen LogP contribution in [0.25, 0.3) is 22.2 Å². The molecule has 10 nitrogen and oxygen atoms in total. The average molecular weight is 518 g/mol. The number of rotatable bonds is 6. The molecule has 1 atom stereocenters. The van der Waals surface area contributed by atoms with Crippen molar-refractivity contribution in [1.29, 1.82) is 0 Å². The molecule has 0 bridgehead atoms. The number of aromatic amines is 1. The summed E-state index contributed by atoms with van der Waals surface area (Å²) in [6, 6.07) is 6.84. The number of aryl methyl sites for hydroxylation is 2. The number of halogens is 1. The number of anilines is 1. The molecule has 0 radical (unpaired) electrons. The van der Waals surface area contributed by atoms with Gasteiger partial charge in [0.25, 0.3) is 5.89 Å². The maximum atomic E-state index is 15.2. The number of carbonyl (C=O) groups excluding carboxylic acids is 2. The van der Waals surface area contributed by atoms with Crippen LogP contribution in [0, 0.1) is 5.82 Å². The molecule has 0 spiro atoms. The summed E-state index contributed by atoms with van der Waals surface area (Å²) >= 11 is 0. The Hall–Kier alpha value is -4.28. The first-order chi connectivity index (χ1) is 18.5. The molecule has 1 aliphatic heterocycles. The smallest absolute Gasteiger partial charge is 0.307 e. The topological polar surface area (TPSA) is 129 Å². The van der Waals surface area contributed by atoms with Crippen LogP contribution in [0.5, 0.6) is 0 Å². The van der Waals surface area contributed by atoms with E-state index in [1.807, 2.05) is 12.1 Å². The molecule has 1 saturated heterocycles. The van der Waals surface area contributed by atoms with Crippen molar-refractivity contribution in [2.45, 2.75) is 51.6 Å². The van der Waals surface area contributed by atoms with Gasteiger partial charge in [-0.05, 0) is 48.9 Å². The Morgan fingerprint density at radius 1 is 1.24 bits per heavy atom. The molecule has 196 valence electrons. The summed E-state index contributed by atoms with van der Waals surface area (Å²) in [4.78, 5) is 34.8. The van der Waals surface area contributed by atoms with Crippen LogP contribution in [0.1, 0.15) is 53.9 Å². The number of carbonyl (C=O) groups is 2. The van der Waals surface area contributed by atoms with Gasteiger partial charge in [0.05, 0.1) is 11.1 Å². The summed E-state index contributed by atoms with van der Waals surface area (Å²) in [6.45, 7) is 2.89. The maximum absolute atomic E-state index is 15.2. The van der Waals surface area contributed by atoms with E-state index in [0.29, 0.717) is 23.3 Å². The van der Waals surface area contributed by atoms with Crippen molar-refractivity contribution in [3.05, 3.63) is 59.2 Å². The number of pyridine rings is 1. The van der Waals surface area contributed by atoms with E-state index < -0.39 is 11.7 Å². The fraction of sp³-hybridized carbons (Fsp3) is 0.370. The molecule has 3 N–H and O–H groups in total. The van der Waals surface area contributed by atoms with Crippen molar-refractivity contribution in [3.63, 3.8) is 0 Å². The summed E-state index contributed by atoms with van der Waals surface area (Å²) in [5, 5.41) is 13.9. The number of H-pyrrole nitrogens is 1. The van der Waals surface area contributed by atoms with Crippen LogP contribution in [0.3, 0.4) is 0 Å². The molecule has 1 fully saturated rings. The minimum absolute atomic E-state index is 0.0129. The monoisotopic (exact) mass is 517 g/mol. The highest BCUT2D eigenvalue weighted by Crippen LogP contribution is 2.35. The molecule has 3 aromatic heterocycles. The SMILES string of the molecule is CC(=O)N[C@@H]1CCN(c2n[nH]c3nccc(-c4ccc(CNC(=O)c5nc6c(o5)CCCC6)c(F)c4)c23)C1. The zero-order valence-electron chi connectivity index (χ0n) is 21.0. The lowest BCUT2D eigenvalue weighted by Crippen LogP contribution is -2.35. The van der Waals surface area contributed by atoms with Gasteiger partial charge in [-0.3, -0.25) is 14.7 Å². The van der Waals surface area contributed by atoms with E-state index in [2.05, 4.69) is 35.7 Å². The second-order valence-corrected chi connectivity index (χ2v) is 9.85. The number of oxazole rings is 1. The molecule has 38 heavy (non-hydrogen) atoms. The standard InChI is InChI=1S/C27H28FN7O3/c1-15(36)31-18-9-11-35(14-18)25-23-19(8-10-29-24(23)33-34-25)16-6-7-17(20(28)12-16)13-30-26(37)27-32-21-4-2-3-5-22(21)38-27/h6-8,10,12,18H,2-5,9,11,13-14H2,1H3,(H,30,37)(H,31,36)(H,29,33,34)/t18-/m1/s1. The molecule has 2 aliphatic rings. The van der Waals surface area contributed by atoms with Crippen LogP contribution in [0.4, 0.5) is 10.2 Å². The molecular formula is C27H28FN7O3. The molecule has 2 amide bonds. The van der Waals surface area contributed by atoms with Crippen molar-refractivity contribution >= 4 is 28.7 Å². The molecule has 1 aromatic carbocycles. The third-order valence-corrected chi connectivity index (χ3v) is 7.18. The van der Waals surface area contributed by atoms with Crippen LogP contribution >= 0.6 is 0 Å². The molecule has 4 aromatic rings. The van der Waals surface area contributed by atoms with E-state index >= 15 is 4.39 Å². The second kappa shape index (κ2) is 9.88. The number of fused-ring (bicyclic) bond motifs is 2. The molecule has 4 heterocycles. The van der Waals surface area contributed by atoms with E-state index in [1.165, 1.54) is 13.0 Å². The van der Waals surface area contributed by atoms with Crippen LogP contribution in [-0.2, 0) is 24.2 Å². The van der Waals surface area contributed by atoms with E-state index in [0.717, 1.165) is 66.9 Å². The normalized spacial score (nSPS) is 17.0. The first kappa shape index (κ1) is 24.1. The molecular weight excluding hydrogens is 489 g/mol. The van der Waals surface area contributed by atoms with Crippen LogP contribution < -0.4 is 15.5 Å².